The van der Waals surface area contributed by atoms with Crippen molar-refractivity contribution in [2.45, 2.75) is 13.8 Å². The maximum atomic E-state index is 5.67. The molecule has 0 unspecified atom stereocenters. The van der Waals surface area contributed by atoms with E-state index in [2.05, 4.69) is 23.7 Å². The lowest BCUT2D eigenvalue weighted by atomic mass is 10.3. The number of hydrogen-bond donors (Lipinski definition) is 0. The highest BCUT2D eigenvalue weighted by molar-refractivity contribution is 6.29. The summed E-state index contributed by atoms with van der Waals surface area (Å²) in [7, 11) is 0. The first kappa shape index (κ1) is 9.33. The molecule has 3 heteroatoms. The molecule has 0 aliphatic carbocycles. The molecular weight excluding hydrogens is 172 g/mol. The number of halogens is 1. The molecule has 0 bridgehead atoms. The van der Waals surface area contributed by atoms with E-state index in [4.69, 9.17) is 11.6 Å². The summed E-state index contributed by atoms with van der Waals surface area (Å²) in [4.78, 5) is 6.25. The maximum absolute atomic E-state index is 5.67. The van der Waals surface area contributed by atoms with Crippen molar-refractivity contribution in [1.29, 1.82) is 0 Å². The molecule has 0 saturated heterocycles. The Morgan fingerprint density at radius 2 is 2.00 bits per heavy atom. The van der Waals surface area contributed by atoms with Gasteiger partial charge in [-0.15, -0.1) is 0 Å². The normalized spacial score (nSPS) is 9.92. The van der Waals surface area contributed by atoms with Crippen molar-refractivity contribution in [2.75, 3.05) is 18.0 Å². The Hall–Kier alpha value is -0.760. The van der Waals surface area contributed by atoms with Gasteiger partial charge in [-0.05, 0) is 26.0 Å². The summed E-state index contributed by atoms with van der Waals surface area (Å²) in [6, 6.07) is 3.80. The van der Waals surface area contributed by atoms with Gasteiger partial charge in [-0.25, -0.2) is 4.98 Å². The van der Waals surface area contributed by atoms with Gasteiger partial charge in [0.1, 0.15) is 5.15 Å². The first-order chi connectivity index (χ1) is 5.77. The van der Waals surface area contributed by atoms with Gasteiger partial charge < -0.3 is 4.90 Å². The Kier molecular flexibility index (Phi) is 3.35. The maximum Gasteiger partial charge on any atom is 0.129 e. The second-order valence-corrected chi connectivity index (χ2v) is 2.90. The quantitative estimate of drug-likeness (QED) is 0.672. The van der Waals surface area contributed by atoms with Crippen molar-refractivity contribution >= 4 is 17.3 Å². The third-order valence-electron chi connectivity index (χ3n) is 1.84. The highest BCUT2D eigenvalue weighted by Gasteiger charge is 2.00. The summed E-state index contributed by atoms with van der Waals surface area (Å²) in [5, 5.41) is 0.547. The van der Waals surface area contributed by atoms with Gasteiger partial charge >= 0.3 is 0 Å². The van der Waals surface area contributed by atoms with E-state index in [9.17, 15) is 0 Å². The molecule has 12 heavy (non-hydrogen) atoms. The van der Waals surface area contributed by atoms with Gasteiger partial charge in [0.2, 0.25) is 0 Å². The summed E-state index contributed by atoms with van der Waals surface area (Å²) < 4.78 is 0. The highest BCUT2D eigenvalue weighted by Crippen LogP contribution is 2.14. The number of aromatic nitrogens is 1. The molecule has 66 valence electrons. The van der Waals surface area contributed by atoms with Crippen LogP contribution in [-0.4, -0.2) is 18.1 Å². The Balaban J connectivity index is 2.80. The van der Waals surface area contributed by atoms with Crippen LogP contribution in [0.5, 0.6) is 0 Å². The molecule has 1 aromatic heterocycles. The fraction of sp³-hybridized carbons (Fsp3) is 0.444. The van der Waals surface area contributed by atoms with Crippen LogP contribution in [0, 0.1) is 0 Å². The number of hydrogen-bond acceptors (Lipinski definition) is 2. The Morgan fingerprint density at radius 3 is 2.42 bits per heavy atom. The minimum atomic E-state index is 0.547. The average molecular weight is 185 g/mol. The first-order valence-corrected chi connectivity index (χ1v) is 4.52. The monoisotopic (exact) mass is 184 g/mol. The van der Waals surface area contributed by atoms with E-state index in [1.807, 2.05) is 12.1 Å². The molecule has 0 N–H and O–H groups in total. The van der Waals surface area contributed by atoms with E-state index in [-0.39, 0.29) is 0 Å². The number of rotatable bonds is 3. The SMILES string of the molecule is CCN(CC)c1ccc(Cl)nc1. The van der Waals surface area contributed by atoms with Crippen LogP contribution < -0.4 is 4.90 Å². The minimum Gasteiger partial charge on any atom is -0.371 e. The lowest BCUT2D eigenvalue weighted by Crippen LogP contribution is -2.21. The summed E-state index contributed by atoms with van der Waals surface area (Å²) in [6.45, 7) is 6.25. The molecule has 0 saturated carbocycles. The Morgan fingerprint density at radius 1 is 1.33 bits per heavy atom. The summed E-state index contributed by atoms with van der Waals surface area (Å²) in [6.07, 6.45) is 1.80. The molecular formula is C9H13ClN2. The van der Waals surface area contributed by atoms with Gasteiger partial charge in [-0.1, -0.05) is 11.6 Å². The van der Waals surface area contributed by atoms with E-state index < -0.39 is 0 Å². The van der Waals surface area contributed by atoms with Crippen LogP contribution in [0.3, 0.4) is 0 Å². The second kappa shape index (κ2) is 4.31. The third kappa shape index (κ3) is 2.11. The zero-order valence-corrected chi connectivity index (χ0v) is 8.17. The van der Waals surface area contributed by atoms with Crippen molar-refractivity contribution in [2.24, 2.45) is 0 Å². The summed E-state index contributed by atoms with van der Waals surface area (Å²) >= 11 is 5.67. The van der Waals surface area contributed by atoms with Gasteiger partial charge in [0.25, 0.3) is 0 Å². The van der Waals surface area contributed by atoms with Crippen LogP contribution in [-0.2, 0) is 0 Å². The van der Waals surface area contributed by atoms with Gasteiger partial charge in [0, 0.05) is 13.1 Å². The molecule has 0 aliphatic heterocycles. The van der Waals surface area contributed by atoms with Crippen LogP contribution in [0.15, 0.2) is 18.3 Å². The molecule has 0 amide bonds. The topological polar surface area (TPSA) is 16.1 Å². The van der Waals surface area contributed by atoms with E-state index >= 15 is 0 Å². The van der Waals surface area contributed by atoms with Crippen LogP contribution in [0.4, 0.5) is 5.69 Å². The molecule has 0 fully saturated rings. The standard InChI is InChI=1S/C9H13ClN2/c1-3-12(4-2)8-5-6-9(10)11-7-8/h5-7H,3-4H2,1-2H3. The molecule has 0 atom stereocenters. The fourth-order valence-corrected chi connectivity index (χ4v) is 1.26. The lowest BCUT2D eigenvalue weighted by molar-refractivity contribution is 0.862. The first-order valence-electron chi connectivity index (χ1n) is 4.14. The van der Waals surface area contributed by atoms with Crippen LogP contribution in [0.2, 0.25) is 5.15 Å². The van der Waals surface area contributed by atoms with Gasteiger partial charge in [-0.3, -0.25) is 0 Å². The molecule has 0 spiro atoms. The van der Waals surface area contributed by atoms with Crippen molar-refractivity contribution in [3.63, 3.8) is 0 Å². The van der Waals surface area contributed by atoms with Crippen LogP contribution in [0.25, 0.3) is 0 Å². The summed E-state index contributed by atoms with van der Waals surface area (Å²) in [5.74, 6) is 0. The largest absolute Gasteiger partial charge is 0.371 e. The molecule has 1 aromatic rings. The van der Waals surface area contributed by atoms with E-state index in [1.54, 1.807) is 6.20 Å². The number of anilines is 1. The predicted octanol–water partition coefficient (Wildman–Crippen LogP) is 2.58. The molecule has 2 nitrogen and oxygen atoms in total. The van der Waals surface area contributed by atoms with E-state index in [0.29, 0.717) is 5.15 Å². The molecule has 0 aliphatic rings. The minimum absolute atomic E-state index is 0.547. The van der Waals surface area contributed by atoms with Crippen LogP contribution in [0.1, 0.15) is 13.8 Å². The van der Waals surface area contributed by atoms with Crippen molar-refractivity contribution in [3.05, 3.63) is 23.5 Å². The van der Waals surface area contributed by atoms with Crippen molar-refractivity contribution in [3.8, 4) is 0 Å². The molecule has 1 heterocycles. The van der Waals surface area contributed by atoms with Gasteiger partial charge in [0.15, 0.2) is 0 Å². The third-order valence-corrected chi connectivity index (χ3v) is 2.06. The Bertz CT molecular complexity index is 229. The van der Waals surface area contributed by atoms with Gasteiger partial charge in [0.05, 0.1) is 11.9 Å². The predicted molar refractivity (Wildman–Crippen MR) is 52.8 cm³/mol. The molecule has 0 aromatic carbocycles. The average Bonchev–Trinajstić information content (AvgIpc) is 2.10. The second-order valence-electron chi connectivity index (χ2n) is 2.51. The van der Waals surface area contributed by atoms with E-state index in [0.717, 1.165) is 18.8 Å². The zero-order chi connectivity index (χ0) is 8.97. The number of nitrogens with zero attached hydrogens (tertiary/aromatic N) is 2. The molecule has 0 radical (unpaired) electrons. The fourth-order valence-electron chi connectivity index (χ4n) is 1.14. The van der Waals surface area contributed by atoms with Crippen molar-refractivity contribution < 1.29 is 0 Å². The molecule has 1 rings (SSSR count). The summed E-state index contributed by atoms with van der Waals surface area (Å²) in [5.41, 5.74) is 1.13. The van der Waals surface area contributed by atoms with E-state index in [1.165, 1.54) is 0 Å². The van der Waals surface area contributed by atoms with Gasteiger partial charge in [-0.2, -0.15) is 0 Å². The zero-order valence-electron chi connectivity index (χ0n) is 7.42. The smallest absolute Gasteiger partial charge is 0.129 e. The highest BCUT2D eigenvalue weighted by atomic mass is 35.5. The van der Waals surface area contributed by atoms with Crippen LogP contribution >= 0.6 is 11.6 Å². The van der Waals surface area contributed by atoms with Crippen molar-refractivity contribution in [1.82, 2.24) is 4.98 Å². The Labute approximate surface area is 78.2 Å². The number of pyridine rings is 1. The lowest BCUT2D eigenvalue weighted by Gasteiger charge is -2.20.